The lowest BCUT2D eigenvalue weighted by molar-refractivity contribution is -0.197. The van der Waals surface area contributed by atoms with Gasteiger partial charge in [-0.1, -0.05) is 88.9 Å². The molecule has 1 aromatic carbocycles. The number of hydrogen-bond donors (Lipinski definition) is 1. The zero-order valence-electron chi connectivity index (χ0n) is 28.8. The van der Waals surface area contributed by atoms with Gasteiger partial charge in [-0.05, 0) is 92.7 Å². The number of aldehydes is 1. The molecule has 6 nitrogen and oxygen atoms in total. The first-order valence-electron chi connectivity index (χ1n) is 18.8. The number of allylic oxidation sites excluding steroid dienone is 1. The number of benzene rings is 1. The molecule has 6 aliphatic rings. The Kier molecular flexibility index (Phi) is 8.81. The van der Waals surface area contributed by atoms with Crippen LogP contribution in [0.3, 0.4) is 0 Å². The number of aliphatic carboxylic acids is 1. The van der Waals surface area contributed by atoms with Crippen molar-refractivity contribution in [3.05, 3.63) is 47.5 Å². The molecule has 0 radical (unpaired) electrons. The Balaban J connectivity index is 1.18. The zero-order chi connectivity index (χ0) is 32.3. The van der Waals surface area contributed by atoms with Crippen molar-refractivity contribution in [1.29, 1.82) is 0 Å². The summed E-state index contributed by atoms with van der Waals surface area (Å²) in [7, 11) is 0. The number of carboxylic acids is 1. The highest BCUT2D eigenvalue weighted by atomic mass is 16.5. The molecule has 0 amide bonds. The topological polar surface area (TPSA) is 70.1 Å². The van der Waals surface area contributed by atoms with Crippen molar-refractivity contribution >= 4 is 12.3 Å². The minimum Gasteiger partial charge on any atom is -0.481 e. The number of ether oxygens (including phenoxy) is 1. The maximum absolute atomic E-state index is 14.1. The van der Waals surface area contributed by atoms with Crippen molar-refractivity contribution < 1.29 is 19.4 Å². The van der Waals surface area contributed by atoms with Crippen molar-refractivity contribution in [3.63, 3.8) is 0 Å². The Labute approximate surface area is 277 Å². The van der Waals surface area contributed by atoms with Crippen LogP contribution in [0.15, 0.2) is 42.0 Å². The maximum Gasteiger partial charge on any atom is 0.315 e. The minimum atomic E-state index is -1.15. The number of hydrogen-bond acceptors (Lipinski definition) is 5. The lowest BCUT2D eigenvalue weighted by atomic mass is 9.41. The molecule has 2 saturated heterocycles. The fourth-order valence-electron chi connectivity index (χ4n) is 12.4. The van der Waals surface area contributed by atoms with Gasteiger partial charge in [0.25, 0.3) is 0 Å². The number of unbranched alkanes of at least 4 members (excludes halogenated alkanes) is 1. The van der Waals surface area contributed by atoms with Crippen molar-refractivity contribution in [3.8, 4) is 0 Å². The van der Waals surface area contributed by atoms with Crippen LogP contribution in [0.1, 0.15) is 91.0 Å². The van der Waals surface area contributed by atoms with Crippen LogP contribution in [0.4, 0.5) is 0 Å². The smallest absolute Gasteiger partial charge is 0.315 e. The third kappa shape index (κ3) is 4.66. The Morgan fingerprint density at radius 3 is 2.57 bits per heavy atom. The van der Waals surface area contributed by atoms with Gasteiger partial charge >= 0.3 is 5.97 Å². The molecule has 2 heterocycles. The lowest BCUT2D eigenvalue weighted by Crippen LogP contribution is -2.65. The molecule has 252 valence electrons. The molecule has 5 fully saturated rings. The van der Waals surface area contributed by atoms with Gasteiger partial charge in [0.15, 0.2) is 0 Å². The fourth-order valence-corrected chi connectivity index (χ4v) is 12.4. The first-order chi connectivity index (χ1) is 22.2. The molecule has 4 aliphatic carbocycles. The van der Waals surface area contributed by atoms with Crippen LogP contribution < -0.4 is 0 Å². The molecular formula is C40H58N2O4. The quantitative estimate of drug-likeness (QED) is 0.208. The SMILES string of the molecule is CCCCC1CC(C23C[C@@H]4[C@H](C)CC[C@H]4C4(C=O)CC2C=C(C(C)C)C34C(=O)O)OC1CN1CCCN(Cc2ccccc2)CC1. The predicted octanol–water partition coefficient (Wildman–Crippen LogP) is 7.08. The van der Waals surface area contributed by atoms with Gasteiger partial charge in [0.1, 0.15) is 11.7 Å². The number of fused-ring (bicyclic) bond motifs is 2. The van der Waals surface area contributed by atoms with E-state index in [0.717, 1.165) is 89.8 Å². The molecule has 4 bridgehead atoms. The van der Waals surface area contributed by atoms with E-state index in [0.29, 0.717) is 24.2 Å². The molecule has 0 spiro atoms. The first-order valence-corrected chi connectivity index (χ1v) is 18.8. The zero-order valence-corrected chi connectivity index (χ0v) is 28.8. The normalized spacial score (nSPS) is 42.3. The molecule has 7 rings (SSSR count). The van der Waals surface area contributed by atoms with Crippen LogP contribution in [0.25, 0.3) is 0 Å². The van der Waals surface area contributed by atoms with E-state index < -0.39 is 22.2 Å². The Bertz CT molecular complexity index is 1310. The first kappa shape index (κ1) is 32.5. The third-order valence-corrected chi connectivity index (χ3v) is 14.3. The second-order valence-electron chi connectivity index (χ2n) is 16.6. The molecule has 1 N–H and O–H groups in total. The molecular weight excluding hydrogens is 572 g/mol. The number of carbonyl (C=O) groups excluding carboxylic acids is 1. The van der Waals surface area contributed by atoms with Crippen LogP contribution in [0.2, 0.25) is 0 Å². The predicted molar refractivity (Wildman–Crippen MR) is 181 cm³/mol. The summed E-state index contributed by atoms with van der Waals surface area (Å²) in [6.07, 6.45) is 12.8. The molecule has 7 unspecified atom stereocenters. The Morgan fingerprint density at radius 1 is 1.09 bits per heavy atom. The van der Waals surface area contributed by atoms with Crippen LogP contribution >= 0.6 is 0 Å². The summed E-state index contributed by atoms with van der Waals surface area (Å²) < 4.78 is 7.39. The van der Waals surface area contributed by atoms with E-state index in [2.05, 4.69) is 73.9 Å². The highest BCUT2D eigenvalue weighted by Gasteiger charge is 2.86. The van der Waals surface area contributed by atoms with Crippen molar-refractivity contribution in [2.24, 2.45) is 51.8 Å². The molecule has 6 heteroatoms. The van der Waals surface area contributed by atoms with Crippen LogP contribution in [-0.4, -0.2) is 72.1 Å². The van der Waals surface area contributed by atoms with Crippen molar-refractivity contribution in [1.82, 2.24) is 9.80 Å². The van der Waals surface area contributed by atoms with Crippen molar-refractivity contribution in [2.45, 2.75) is 104 Å². The van der Waals surface area contributed by atoms with E-state index >= 15 is 0 Å². The van der Waals surface area contributed by atoms with E-state index in [4.69, 9.17) is 4.74 Å². The van der Waals surface area contributed by atoms with E-state index in [-0.39, 0.29) is 30.0 Å². The van der Waals surface area contributed by atoms with Crippen molar-refractivity contribution in [2.75, 3.05) is 32.7 Å². The summed E-state index contributed by atoms with van der Waals surface area (Å²) in [6.45, 7) is 15.2. The van der Waals surface area contributed by atoms with Gasteiger partial charge in [0, 0.05) is 31.6 Å². The molecule has 3 saturated carbocycles. The van der Waals surface area contributed by atoms with Gasteiger partial charge in [-0.3, -0.25) is 14.6 Å². The van der Waals surface area contributed by atoms with E-state index in [9.17, 15) is 14.7 Å². The van der Waals surface area contributed by atoms with Gasteiger partial charge in [-0.25, -0.2) is 0 Å². The summed E-state index contributed by atoms with van der Waals surface area (Å²) in [5.41, 5.74) is -0.101. The van der Waals surface area contributed by atoms with Crippen LogP contribution in [0, 0.1) is 51.8 Å². The summed E-state index contributed by atoms with van der Waals surface area (Å²) in [6, 6.07) is 10.8. The molecule has 0 aromatic heterocycles. The third-order valence-electron chi connectivity index (χ3n) is 14.3. The van der Waals surface area contributed by atoms with Crippen LogP contribution in [-0.2, 0) is 20.9 Å². The fraction of sp³-hybridized carbons (Fsp3) is 0.750. The maximum atomic E-state index is 14.1. The van der Waals surface area contributed by atoms with E-state index in [1.54, 1.807) is 0 Å². The largest absolute Gasteiger partial charge is 0.481 e. The number of rotatable bonds is 11. The number of carbonyl (C=O) groups is 2. The van der Waals surface area contributed by atoms with Gasteiger partial charge in [0.05, 0.1) is 17.6 Å². The van der Waals surface area contributed by atoms with Gasteiger partial charge < -0.3 is 14.6 Å². The van der Waals surface area contributed by atoms with E-state index in [1.807, 2.05) is 0 Å². The summed E-state index contributed by atoms with van der Waals surface area (Å²) in [5, 5.41) is 11.6. The highest BCUT2D eigenvalue weighted by molar-refractivity contribution is 5.90. The summed E-state index contributed by atoms with van der Waals surface area (Å²) >= 11 is 0. The number of nitrogens with zero attached hydrogens (tertiary/aromatic N) is 2. The van der Waals surface area contributed by atoms with E-state index in [1.165, 1.54) is 18.3 Å². The van der Waals surface area contributed by atoms with Gasteiger partial charge in [0.2, 0.25) is 0 Å². The molecule has 1 aromatic rings. The Hall–Kier alpha value is -2.02. The standard InChI is InChI=1S/C40H58N2O4/c1-5-6-13-30-20-36(46-35(30)25-42-17-10-16-41(18-19-42)24-29-11-8-7-9-12-29)39-23-32-28(4)14-15-33(32)38(26-43)22-31(39)21-34(27(2)3)40(38,39)37(44)45/h7-9,11-12,21,26-28,30-33,35-36H,5-6,10,13-20,22-25H2,1-4H3,(H,44,45)/t28-,30?,31?,32-,33-,35?,36?,38?,39?,40?/m1/s1. The summed E-state index contributed by atoms with van der Waals surface area (Å²) in [5.74, 6) is 0.977. The van der Waals surface area contributed by atoms with Crippen LogP contribution in [0.5, 0.6) is 0 Å². The molecule has 2 aliphatic heterocycles. The molecule has 10 atom stereocenters. The highest BCUT2D eigenvalue weighted by Crippen LogP contribution is 2.84. The second-order valence-corrected chi connectivity index (χ2v) is 16.6. The Morgan fingerprint density at radius 2 is 1.85 bits per heavy atom. The molecule has 46 heavy (non-hydrogen) atoms. The minimum absolute atomic E-state index is 0.0968. The average molecular weight is 631 g/mol. The average Bonchev–Trinajstić information content (AvgIpc) is 3.70. The second kappa shape index (κ2) is 12.5. The van der Waals surface area contributed by atoms with Gasteiger partial charge in [-0.2, -0.15) is 0 Å². The van der Waals surface area contributed by atoms with Gasteiger partial charge in [-0.15, -0.1) is 0 Å². The lowest BCUT2D eigenvalue weighted by Gasteiger charge is -2.60. The number of carboxylic acid groups (broad SMARTS) is 1. The summed E-state index contributed by atoms with van der Waals surface area (Å²) in [4.78, 5) is 32.9. The monoisotopic (exact) mass is 630 g/mol.